The van der Waals surface area contributed by atoms with Crippen LogP contribution in [0.5, 0.6) is 5.75 Å². The number of aryl methyl sites for hydroxylation is 2. The quantitative estimate of drug-likeness (QED) is 0.891. The van der Waals surface area contributed by atoms with E-state index in [-0.39, 0.29) is 4.90 Å². The Kier molecular flexibility index (Phi) is 5.21. The molecule has 0 spiro atoms. The van der Waals surface area contributed by atoms with Gasteiger partial charge in [0.25, 0.3) is 0 Å². The Bertz CT molecular complexity index is 740. The molecular formula is C17H21NO3S. The zero-order chi connectivity index (χ0) is 16.2. The minimum Gasteiger partial charge on any atom is -0.496 e. The molecule has 0 unspecified atom stereocenters. The number of hydrogen-bond donors (Lipinski definition) is 1. The standard InChI is InChI=1S/C17H21NO3S/c1-13-11-14(2)17(12-16(13)21-3)22(19,20)18-10-9-15-7-5-4-6-8-15/h4-8,11-12,18H,9-10H2,1-3H3. The summed E-state index contributed by atoms with van der Waals surface area (Å²) in [6.07, 6.45) is 0.655. The third-order valence-electron chi connectivity index (χ3n) is 3.53. The van der Waals surface area contributed by atoms with Crippen LogP contribution in [0.4, 0.5) is 0 Å². The summed E-state index contributed by atoms with van der Waals surface area (Å²) < 4.78 is 32.8. The Labute approximate surface area is 132 Å². The van der Waals surface area contributed by atoms with Crippen molar-refractivity contribution in [2.75, 3.05) is 13.7 Å². The van der Waals surface area contributed by atoms with Crippen LogP contribution in [-0.4, -0.2) is 22.1 Å². The maximum atomic E-state index is 12.5. The Morgan fingerprint density at radius 1 is 1.05 bits per heavy atom. The van der Waals surface area contributed by atoms with Crippen molar-refractivity contribution in [1.29, 1.82) is 0 Å². The summed E-state index contributed by atoms with van der Waals surface area (Å²) in [6, 6.07) is 13.2. The van der Waals surface area contributed by atoms with E-state index < -0.39 is 10.0 Å². The summed E-state index contributed by atoms with van der Waals surface area (Å²) in [4.78, 5) is 0.267. The van der Waals surface area contributed by atoms with E-state index in [9.17, 15) is 8.42 Å². The highest BCUT2D eigenvalue weighted by Gasteiger charge is 2.18. The van der Waals surface area contributed by atoms with Gasteiger partial charge in [-0.25, -0.2) is 13.1 Å². The predicted octanol–water partition coefficient (Wildman–Crippen LogP) is 2.83. The molecule has 0 aliphatic carbocycles. The summed E-state index contributed by atoms with van der Waals surface area (Å²) in [5.74, 6) is 0.578. The van der Waals surface area contributed by atoms with Crippen LogP contribution in [0.3, 0.4) is 0 Å². The zero-order valence-electron chi connectivity index (χ0n) is 13.1. The van der Waals surface area contributed by atoms with Crippen LogP contribution < -0.4 is 9.46 Å². The van der Waals surface area contributed by atoms with Crippen LogP contribution in [0.2, 0.25) is 0 Å². The Balaban J connectivity index is 2.13. The van der Waals surface area contributed by atoms with E-state index in [1.807, 2.05) is 43.3 Å². The molecule has 0 saturated carbocycles. The van der Waals surface area contributed by atoms with E-state index in [1.165, 1.54) is 7.11 Å². The molecule has 4 nitrogen and oxygen atoms in total. The van der Waals surface area contributed by atoms with Crippen molar-refractivity contribution in [2.24, 2.45) is 0 Å². The Morgan fingerprint density at radius 2 is 1.73 bits per heavy atom. The van der Waals surface area contributed by atoms with Crippen molar-refractivity contribution < 1.29 is 13.2 Å². The lowest BCUT2D eigenvalue weighted by Gasteiger charge is -2.13. The highest BCUT2D eigenvalue weighted by atomic mass is 32.2. The molecule has 0 heterocycles. The number of nitrogens with one attached hydrogen (secondary N) is 1. The van der Waals surface area contributed by atoms with Gasteiger partial charge in [0.2, 0.25) is 10.0 Å². The van der Waals surface area contributed by atoms with E-state index >= 15 is 0 Å². The number of hydrogen-bond acceptors (Lipinski definition) is 3. The van der Waals surface area contributed by atoms with Gasteiger partial charge in [-0.2, -0.15) is 0 Å². The average Bonchev–Trinajstić information content (AvgIpc) is 2.48. The van der Waals surface area contributed by atoms with Gasteiger partial charge >= 0.3 is 0 Å². The molecule has 0 saturated heterocycles. The van der Waals surface area contributed by atoms with Crippen LogP contribution in [0.25, 0.3) is 0 Å². The first-order chi connectivity index (χ1) is 10.4. The van der Waals surface area contributed by atoms with Crippen molar-refractivity contribution in [3.05, 3.63) is 59.2 Å². The van der Waals surface area contributed by atoms with Crippen LogP contribution in [0.15, 0.2) is 47.4 Å². The van der Waals surface area contributed by atoms with Gasteiger partial charge in [0.05, 0.1) is 12.0 Å². The molecule has 0 aliphatic heterocycles. The van der Waals surface area contributed by atoms with Gasteiger partial charge < -0.3 is 4.74 Å². The molecule has 2 rings (SSSR count). The average molecular weight is 319 g/mol. The first kappa shape index (κ1) is 16.5. The van der Waals surface area contributed by atoms with Gasteiger partial charge in [0.15, 0.2) is 0 Å². The van der Waals surface area contributed by atoms with Gasteiger partial charge in [-0.1, -0.05) is 36.4 Å². The third kappa shape index (κ3) is 3.87. The van der Waals surface area contributed by atoms with Gasteiger partial charge in [0, 0.05) is 12.6 Å². The maximum Gasteiger partial charge on any atom is 0.240 e. The minimum atomic E-state index is -3.54. The van der Waals surface area contributed by atoms with E-state index in [0.29, 0.717) is 24.3 Å². The first-order valence-corrected chi connectivity index (χ1v) is 8.61. The van der Waals surface area contributed by atoms with Crippen molar-refractivity contribution in [1.82, 2.24) is 4.72 Å². The second kappa shape index (κ2) is 6.94. The van der Waals surface area contributed by atoms with E-state index in [1.54, 1.807) is 13.0 Å². The normalized spacial score (nSPS) is 11.4. The van der Waals surface area contributed by atoms with Gasteiger partial charge in [-0.3, -0.25) is 0 Å². The van der Waals surface area contributed by atoms with Crippen molar-refractivity contribution in [3.8, 4) is 5.75 Å². The van der Waals surface area contributed by atoms with Crippen molar-refractivity contribution in [3.63, 3.8) is 0 Å². The van der Waals surface area contributed by atoms with E-state index in [4.69, 9.17) is 4.74 Å². The SMILES string of the molecule is COc1cc(S(=O)(=O)NCCc2ccccc2)c(C)cc1C. The molecule has 118 valence electrons. The molecule has 1 N–H and O–H groups in total. The molecule has 0 amide bonds. The number of sulfonamides is 1. The molecule has 2 aromatic rings. The zero-order valence-corrected chi connectivity index (χ0v) is 13.9. The fourth-order valence-corrected chi connectivity index (χ4v) is 3.65. The van der Waals surface area contributed by atoms with E-state index in [0.717, 1.165) is 11.1 Å². The Morgan fingerprint density at radius 3 is 2.36 bits per heavy atom. The number of rotatable bonds is 6. The molecule has 0 bridgehead atoms. The lowest BCUT2D eigenvalue weighted by atomic mass is 10.1. The number of benzene rings is 2. The second-order valence-corrected chi connectivity index (χ2v) is 6.96. The number of methoxy groups -OCH3 is 1. The van der Waals surface area contributed by atoms with Crippen LogP contribution in [0.1, 0.15) is 16.7 Å². The Hall–Kier alpha value is -1.85. The van der Waals surface area contributed by atoms with Crippen LogP contribution in [-0.2, 0) is 16.4 Å². The minimum absolute atomic E-state index is 0.267. The summed E-state index contributed by atoms with van der Waals surface area (Å²) in [6.45, 7) is 4.05. The van der Waals surface area contributed by atoms with Crippen molar-refractivity contribution >= 4 is 10.0 Å². The molecule has 0 aromatic heterocycles. The van der Waals surface area contributed by atoms with Crippen LogP contribution in [0, 0.1) is 13.8 Å². The molecule has 0 radical (unpaired) electrons. The largest absolute Gasteiger partial charge is 0.496 e. The predicted molar refractivity (Wildman–Crippen MR) is 87.8 cm³/mol. The summed E-state index contributed by atoms with van der Waals surface area (Å²) in [5.41, 5.74) is 2.73. The molecule has 2 aromatic carbocycles. The second-order valence-electron chi connectivity index (χ2n) is 5.22. The molecule has 22 heavy (non-hydrogen) atoms. The topological polar surface area (TPSA) is 55.4 Å². The fourth-order valence-electron chi connectivity index (χ4n) is 2.38. The maximum absolute atomic E-state index is 12.5. The summed E-state index contributed by atoms with van der Waals surface area (Å²) in [5, 5.41) is 0. The van der Waals surface area contributed by atoms with Gasteiger partial charge in [0.1, 0.15) is 5.75 Å². The molecule has 0 aliphatic rings. The number of ether oxygens (including phenoxy) is 1. The molecule has 0 atom stereocenters. The molecule has 5 heteroatoms. The first-order valence-electron chi connectivity index (χ1n) is 7.13. The smallest absolute Gasteiger partial charge is 0.240 e. The van der Waals surface area contributed by atoms with Gasteiger partial charge in [-0.05, 0) is 37.0 Å². The highest BCUT2D eigenvalue weighted by molar-refractivity contribution is 7.89. The summed E-state index contributed by atoms with van der Waals surface area (Å²) >= 11 is 0. The third-order valence-corrected chi connectivity index (χ3v) is 5.13. The fraction of sp³-hybridized carbons (Fsp3) is 0.294. The highest BCUT2D eigenvalue weighted by Crippen LogP contribution is 2.25. The lowest BCUT2D eigenvalue weighted by molar-refractivity contribution is 0.410. The van der Waals surface area contributed by atoms with Gasteiger partial charge in [-0.15, -0.1) is 0 Å². The van der Waals surface area contributed by atoms with Crippen molar-refractivity contribution in [2.45, 2.75) is 25.2 Å². The summed E-state index contributed by atoms with van der Waals surface area (Å²) in [7, 11) is -2.00. The lowest BCUT2D eigenvalue weighted by Crippen LogP contribution is -2.26. The van der Waals surface area contributed by atoms with E-state index in [2.05, 4.69) is 4.72 Å². The molecular weight excluding hydrogens is 298 g/mol. The monoisotopic (exact) mass is 319 g/mol. The molecule has 0 fully saturated rings. The van der Waals surface area contributed by atoms with Crippen LogP contribution >= 0.6 is 0 Å².